The highest BCUT2D eigenvalue weighted by molar-refractivity contribution is 5.97. The van der Waals surface area contributed by atoms with Gasteiger partial charge in [0.2, 0.25) is 0 Å². The third kappa shape index (κ3) is 5.19. The number of carbonyl (C=O) groups excluding carboxylic acids is 2. The van der Waals surface area contributed by atoms with E-state index in [0.717, 1.165) is 16.7 Å². The summed E-state index contributed by atoms with van der Waals surface area (Å²) < 4.78 is 5.17. The summed E-state index contributed by atoms with van der Waals surface area (Å²) in [5, 5.41) is 14.0. The van der Waals surface area contributed by atoms with Gasteiger partial charge in [-0.2, -0.15) is 0 Å². The summed E-state index contributed by atoms with van der Waals surface area (Å²) in [7, 11) is 0. The summed E-state index contributed by atoms with van der Waals surface area (Å²) >= 11 is 0. The molecule has 0 bridgehead atoms. The van der Waals surface area contributed by atoms with Gasteiger partial charge in [0, 0.05) is 19.0 Å². The first-order chi connectivity index (χ1) is 15.2. The second-order valence-electron chi connectivity index (χ2n) is 8.31. The molecule has 0 aromatic heterocycles. The molecule has 2 aromatic carbocycles. The third-order valence-corrected chi connectivity index (χ3v) is 5.51. The van der Waals surface area contributed by atoms with Crippen LogP contribution in [0.25, 0.3) is 0 Å². The first-order valence-corrected chi connectivity index (χ1v) is 10.7. The highest BCUT2D eigenvalue weighted by Crippen LogP contribution is 2.27. The molecule has 6 nitrogen and oxygen atoms in total. The maximum atomic E-state index is 13.1. The van der Waals surface area contributed by atoms with E-state index in [-0.39, 0.29) is 36.0 Å². The minimum absolute atomic E-state index is 0.113. The Kier molecular flexibility index (Phi) is 7.03. The van der Waals surface area contributed by atoms with Crippen LogP contribution in [0.15, 0.2) is 77.7 Å². The van der Waals surface area contributed by atoms with Crippen molar-refractivity contribution in [3.05, 3.63) is 94.4 Å². The fourth-order valence-corrected chi connectivity index (χ4v) is 3.69. The van der Waals surface area contributed by atoms with Crippen molar-refractivity contribution in [2.75, 3.05) is 6.61 Å². The van der Waals surface area contributed by atoms with Crippen molar-refractivity contribution >= 4 is 11.9 Å². The minimum atomic E-state index is -0.654. The number of ether oxygens (including phenoxy) is 1. The largest absolute Gasteiger partial charge is 0.507 e. The van der Waals surface area contributed by atoms with Crippen molar-refractivity contribution in [2.45, 2.75) is 46.3 Å². The summed E-state index contributed by atoms with van der Waals surface area (Å²) in [6.07, 6.45) is 1.53. The van der Waals surface area contributed by atoms with E-state index >= 15 is 0 Å². The van der Waals surface area contributed by atoms with Crippen LogP contribution in [0.1, 0.15) is 37.5 Å². The van der Waals surface area contributed by atoms with Gasteiger partial charge in [0.05, 0.1) is 12.2 Å². The molecule has 6 heteroatoms. The molecule has 0 aliphatic carbocycles. The maximum Gasteiger partial charge on any atom is 0.338 e. The second-order valence-corrected chi connectivity index (χ2v) is 8.31. The molecule has 1 saturated heterocycles. The quantitative estimate of drug-likeness (QED) is 0.389. The third-order valence-electron chi connectivity index (χ3n) is 5.51. The van der Waals surface area contributed by atoms with Gasteiger partial charge in [-0.05, 0) is 44.4 Å². The van der Waals surface area contributed by atoms with Crippen molar-refractivity contribution in [2.24, 2.45) is 0 Å². The summed E-state index contributed by atoms with van der Waals surface area (Å²) in [4.78, 5) is 27.4. The number of aryl methyl sites for hydroxylation is 1. The van der Waals surface area contributed by atoms with Gasteiger partial charge >= 0.3 is 5.97 Å². The summed E-state index contributed by atoms with van der Waals surface area (Å²) in [5.74, 6) is -1.12. The minimum Gasteiger partial charge on any atom is -0.507 e. The molecule has 2 N–H and O–H groups in total. The molecule has 3 rings (SSSR count). The van der Waals surface area contributed by atoms with Crippen LogP contribution in [0.2, 0.25) is 0 Å². The molecule has 0 atom stereocenters. The highest BCUT2D eigenvalue weighted by Gasteiger charge is 2.41. The SMILES string of the molecule is CCOC(=O)/C(Cc1ccccc1C)=C(O)/C=C1\NC(C)(C)N(Cc2ccccc2)C1=O. The van der Waals surface area contributed by atoms with Gasteiger partial charge in [0.1, 0.15) is 17.1 Å². The van der Waals surface area contributed by atoms with Crippen LogP contribution in [0.3, 0.4) is 0 Å². The monoisotopic (exact) mass is 434 g/mol. The van der Waals surface area contributed by atoms with Gasteiger partial charge in [-0.25, -0.2) is 4.79 Å². The topological polar surface area (TPSA) is 78.9 Å². The van der Waals surface area contributed by atoms with Crippen molar-refractivity contribution in [1.82, 2.24) is 10.2 Å². The first-order valence-electron chi connectivity index (χ1n) is 10.7. The maximum absolute atomic E-state index is 13.1. The Morgan fingerprint density at radius 1 is 1.12 bits per heavy atom. The highest BCUT2D eigenvalue weighted by atomic mass is 16.5. The molecule has 2 aromatic rings. The Labute approximate surface area is 189 Å². The number of nitrogens with one attached hydrogen (secondary N) is 1. The second kappa shape index (κ2) is 9.73. The average Bonchev–Trinajstić information content (AvgIpc) is 2.96. The van der Waals surface area contributed by atoms with Crippen molar-refractivity contribution in [3.8, 4) is 0 Å². The number of carbonyl (C=O) groups is 2. The molecule has 0 saturated carbocycles. The van der Waals surface area contributed by atoms with E-state index in [1.165, 1.54) is 6.08 Å². The normalized spacial score (nSPS) is 17.2. The van der Waals surface area contributed by atoms with Crippen LogP contribution in [-0.2, 0) is 27.3 Å². The van der Waals surface area contributed by atoms with Crippen LogP contribution in [-0.4, -0.2) is 34.2 Å². The van der Waals surface area contributed by atoms with Gasteiger partial charge in [-0.15, -0.1) is 0 Å². The molecule has 0 radical (unpaired) electrons. The Hall–Kier alpha value is -3.54. The number of esters is 1. The lowest BCUT2D eigenvalue weighted by atomic mass is 9.99. The summed E-state index contributed by atoms with van der Waals surface area (Å²) in [5.41, 5.74) is 2.59. The number of benzene rings is 2. The molecule has 0 spiro atoms. The van der Waals surface area contributed by atoms with Crippen molar-refractivity contribution in [3.63, 3.8) is 0 Å². The van der Waals surface area contributed by atoms with Crippen LogP contribution >= 0.6 is 0 Å². The van der Waals surface area contributed by atoms with Crippen molar-refractivity contribution in [1.29, 1.82) is 0 Å². The standard InChI is InChI=1S/C26H30N2O4/c1-5-32-25(31)21(15-20-14-10-9-11-18(20)2)23(29)16-22-24(30)28(26(3,4)27-22)17-19-12-7-6-8-13-19/h6-14,16,27,29H,5,15,17H2,1-4H3/b22-16-,23-21-. The van der Waals surface area contributed by atoms with E-state index in [9.17, 15) is 14.7 Å². The number of aliphatic hydroxyl groups is 1. The van der Waals surface area contributed by atoms with Crippen LogP contribution in [0.5, 0.6) is 0 Å². The molecular formula is C26H30N2O4. The molecule has 1 aliphatic heterocycles. The zero-order chi connectivity index (χ0) is 23.3. The van der Waals surface area contributed by atoms with E-state index in [2.05, 4.69) is 5.32 Å². The Balaban J connectivity index is 1.94. The lowest BCUT2D eigenvalue weighted by Gasteiger charge is -2.30. The van der Waals surface area contributed by atoms with Crippen molar-refractivity contribution < 1.29 is 19.4 Å². The van der Waals surface area contributed by atoms with E-state index in [1.54, 1.807) is 11.8 Å². The zero-order valence-electron chi connectivity index (χ0n) is 19.0. The zero-order valence-corrected chi connectivity index (χ0v) is 19.0. The number of rotatable bonds is 7. The average molecular weight is 435 g/mol. The summed E-state index contributed by atoms with van der Waals surface area (Å²) in [6, 6.07) is 17.4. The van der Waals surface area contributed by atoms with Gasteiger partial charge in [0.25, 0.3) is 5.91 Å². The molecule has 1 amide bonds. The predicted molar refractivity (Wildman–Crippen MR) is 123 cm³/mol. The van der Waals surface area contributed by atoms with Gasteiger partial charge in [-0.1, -0.05) is 54.6 Å². The predicted octanol–water partition coefficient (Wildman–Crippen LogP) is 4.16. The van der Waals surface area contributed by atoms with E-state index in [1.807, 2.05) is 75.4 Å². The first kappa shape index (κ1) is 23.1. The number of nitrogens with zero attached hydrogens (tertiary/aromatic N) is 1. The van der Waals surface area contributed by atoms with Gasteiger partial charge < -0.3 is 20.1 Å². The molecular weight excluding hydrogens is 404 g/mol. The fourth-order valence-electron chi connectivity index (χ4n) is 3.69. The number of aliphatic hydroxyl groups excluding tert-OH is 1. The molecule has 1 aliphatic rings. The molecule has 168 valence electrons. The van der Waals surface area contributed by atoms with Crippen LogP contribution in [0, 0.1) is 6.92 Å². The Bertz CT molecular complexity index is 1050. The lowest BCUT2D eigenvalue weighted by molar-refractivity contribution is -0.138. The molecule has 0 unspecified atom stereocenters. The Morgan fingerprint density at radius 2 is 1.78 bits per heavy atom. The van der Waals surface area contributed by atoms with Gasteiger partial charge in [-0.3, -0.25) is 4.79 Å². The van der Waals surface area contributed by atoms with E-state index in [4.69, 9.17) is 4.74 Å². The smallest absolute Gasteiger partial charge is 0.338 e. The van der Waals surface area contributed by atoms with E-state index < -0.39 is 11.6 Å². The van der Waals surface area contributed by atoms with Gasteiger partial charge in [0.15, 0.2) is 0 Å². The Morgan fingerprint density at radius 3 is 2.44 bits per heavy atom. The lowest BCUT2D eigenvalue weighted by Crippen LogP contribution is -2.46. The van der Waals surface area contributed by atoms with Crippen LogP contribution < -0.4 is 5.32 Å². The van der Waals surface area contributed by atoms with E-state index in [0.29, 0.717) is 6.54 Å². The summed E-state index contributed by atoms with van der Waals surface area (Å²) in [6.45, 7) is 8.07. The molecule has 32 heavy (non-hydrogen) atoms. The van der Waals surface area contributed by atoms with Crippen LogP contribution in [0.4, 0.5) is 0 Å². The number of hydrogen-bond acceptors (Lipinski definition) is 5. The number of amides is 1. The molecule has 1 fully saturated rings. The molecule has 1 heterocycles. The fraction of sp³-hybridized carbons (Fsp3) is 0.308. The number of hydrogen-bond donors (Lipinski definition) is 2. The number of allylic oxidation sites excluding steroid dienone is 1.